The van der Waals surface area contributed by atoms with Gasteiger partial charge in [-0.3, -0.25) is 4.79 Å². The van der Waals surface area contributed by atoms with Gasteiger partial charge in [-0.1, -0.05) is 0 Å². The highest BCUT2D eigenvalue weighted by Gasteiger charge is 2.48. The summed E-state index contributed by atoms with van der Waals surface area (Å²) in [4.78, 5) is 13.6. The Balaban J connectivity index is 1.50. The van der Waals surface area contributed by atoms with Crippen molar-refractivity contribution in [3.8, 4) is 45.8 Å². The van der Waals surface area contributed by atoms with E-state index in [4.69, 9.17) is 23.4 Å². The van der Waals surface area contributed by atoms with Crippen molar-refractivity contribution in [2.75, 3.05) is 6.61 Å². The standard InChI is InChI=1S/C27H30O17/c1-7-15(32)19(36)21(38)26(41-7)40-6-13-17(34)20(37)22(39)27(42-13)44-25-18(35)14-11(30)5-12(31)16(33)24(14)43-23(25)8-2-3-9(28)10(29)4-8/h2-5,7,13,15,17,19-22,26-34,36-39H,6H2,1H3. The first kappa shape index (κ1) is 31.5. The van der Waals surface area contributed by atoms with E-state index in [0.717, 1.165) is 12.1 Å². The zero-order chi connectivity index (χ0) is 32.2. The summed E-state index contributed by atoms with van der Waals surface area (Å²) in [6, 6.07) is 3.79. The summed E-state index contributed by atoms with van der Waals surface area (Å²) in [5, 5.41) is 112. The molecule has 5 rings (SSSR count). The minimum Gasteiger partial charge on any atom is -0.507 e. The number of hydrogen-bond donors (Lipinski definition) is 11. The molecular formula is C27H30O17. The lowest BCUT2D eigenvalue weighted by Crippen LogP contribution is -2.61. The Labute approximate surface area is 246 Å². The van der Waals surface area contributed by atoms with Gasteiger partial charge in [-0.2, -0.15) is 0 Å². The zero-order valence-electron chi connectivity index (χ0n) is 22.7. The Morgan fingerprint density at radius 3 is 2.07 bits per heavy atom. The van der Waals surface area contributed by atoms with Gasteiger partial charge >= 0.3 is 0 Å². The monoisotopic (exact) mass is 626 g/mol. The topological polar surface area (TPSA) is 290 Å². The third-order valence-corrected chi connectivity index (χ3v) is 7.43. The van der Waals surface area contributed by atoms with Crippen LogP contribution in [0.4, 0.5) is 0 Å². The molecular weight excluding hydrogens is 596 g/mol. The molecule has 0 amide bonds. The second kappa shape index (κ2) is 11.9. The highest BCUT2D eigenvalue weighted by molar-refractivity contribution is 5.93. The van der Waals surface area contributed by atoms with Crippen LogP contribution >= 0.6 is 0 Å². The van der Waals surface area contributed by atoms with E-state index in [1.54, 1.807) is 0 Å². The van der Waals surface area contributed by atoms with Crippen LogP contribution in [0.5, 0.6) is 34.5 Å². The van der Waals surface area contributed by atoms with Crippen molar-refractivity contribution in [2.24, 2.45) is 0 Å². The van der Waals surface area contributed by atoms with E-state index >= 15 is 0 Å². The summed E-state index contributed by atoms with van der Waals surface area (Å²) in [5.74, 6) is -5.19. The van der Waals surface area contributed by atoms with Gasteiger partial charge in [0.25, 0.3) is 0 Å². The summed E-state index contributed by atoms with van der Waals surface area (Å²) < 4.78 is 27.6. The lowest BCUT2D eigenvalue weighted by atomic mass is 9.98. The lowest BCUT2D eigenvalue weighted by molar-refractivity contribution is -0.318. The Morgan fingerprint density at radius 1 is 0.727 bits per heavy atom. The van der Waals surface area contributed by atoms with Crippen molar-refractivity contribution in [1.29, 1.82) is 0 Å². The number of aromatic hydroxyl groups is 5. The van der Waals surface area contributed by atoms with Crippen LogP contribution in [-0.2, 0) is 14.2 Å². The fourth-order valence-corrected chi connectivity index (χ4v) is 4.88. The van der Waals surface area contributed by atoms with Crippen LogP contribution < -0.4 is 10.2 Å². The summed E-state index contributed by atoms with van der Waals surface area (Å²) in [6.45, 7) is 0.770. The van der Waals surface area contributed by atoms with E-state index in [1.165, 1.54) is 13.0 Å². The fraction of sp³-hybridized carbons (Fsp3) is 0.444. The lowest BCUT2D eigenvalue weighted by Gasteiger charge is -2.42. The van der Waals surface area contributed by atoms with Crippen LogP contribution in [0.25, 0.3) is 22.3 Å². The first-order valence-electron chi connectivity index (χ1n) is 13.2. The maximum Gasteiger partial charge on any atom is 0.239 e. The highest BCUT2D eigenvalue weighted by atomic mass is 16.7. The number of hydrogen-bond acceptors (Lipinski definition) is 17. The van der Waals surface area contributed by atoms with Gasteiger partial charge in [0, 0.05) is 11.6 Å². The normalized spacial score (nSPS) is 32.5. The van der Waals surface area contributed by atoms with Crippen LogP contribution in [0, 0.1) is 0 Å². The SMILES string of the molecule is CC1OC(OCC2OC(Oc3c(-c4ccc(O)c(O)c4)oc4c(O)c(O)cc(O)c4c3=O)C(O)C(O)C2O)C(O)C(O)C1O. The zero-order valence-corrected chi connectivity index (χ0v) is 22.7. The molecule has 2 aromatic carbocycles. The molecule has 2 aliphatic heterocycles. The van der Waals surface area contributed by atoms with Gasteiger partial charge in [0.05, 0.1) is 12.7 Å². The molecule has 10 unspecified atom stereocenters. The minimum atomic E-state index is -2.02. The van der Waals surface area contributed by atoms with Crippen LogP contribution in [0.3, 0.4) is 0 Å². The predicted molar refractivity (Wildman–Crippen MR) is 142 cm³/mol. The number of phenols is 5. The first-order chi connectivity index (χ1) is 20.7. The summed E-state index contributed by atoms with van der Waals surface area (Å²) in [6.07, 6.45) is -16.5. The second-order valence-electron chi connectivity index (χ2n) is 10.4. The van der Waals surface area contributed by atoms with Crippen LogP contribution in [0.15, 0.2) is 33.5 Å². The number of phenolic OH excluding ortho intramolecular Hbond substituents is 5. The van der Waals surface area contributed by atoms with Crippen LogP contribution in [0.2, 0.25) is 0 Å². The Bertz CT molecular complexity index is 1590. The van der Waals surface area contributed by atoms with Gasteiger partial charge in [-0.25, -0.2) is 0 Å². The van der Waals surface area contributed by atoms with Gasteiger partial charge in [-0.15, -0.1) is 0 Å². The molecule has 2 aliphatic rings. The molecule has 1 aromatic heterocycles. The van der Waals surface area contributed by atoms with E-state index in [0.29, 0.717) is 6.07 Å². The molecule has 3 heterocycles. The quantitative estimate of drug-likeness (QED) is 0.104. The molecule has 240 valence electrons. The van der Waals surface area contributed by atoms with Crippen molar-refractivity contribution in [1.82, 2.24) is 0 Å². The molecule has 17 nitrogen and oxygen atoms in total. The number of ether oxygens (including phenoxy) is 4. The fourth-order valence-electron chi connectivity index (χ4n) is 4.88. The maximum atomic E-state index is 13.6. The van der Waals surface area contributed by atoms with Crippen molar-refractivity contribution < 1.29 is 79.5 Å². The van der Waals surface area contributed by atoms with Crippen molar-refractivity contribution in [2.45, 2.75) is 68.3 Å². The van der Waals surface area contributed by atoms with Gasteiger partial charge < -0.3 is 79.5 Å². The van der Waals surface area contributed by atoms with Crippen molar-refractivity contribution in [3.05, 3.63) is 34.5 Å². The largest absolute Gasteiger partial charge is 0.507 e. The molecule has 11 N–H and O–H groups in total. The number of aliphatic hydroxyl groups excluding tert-OH is 6. The van der Waals surface area contributed by atoms with Gasteiger partial charge in [0.2, 0.25) is 23.2 Å². The summed E-state index contributed by atoms with van der Waals surface area (Å²) in [7, 11) is 0. The molecule has 2 fully saturated rings. The number of benzene rings is 2. The molecule has 0 spiro atoms. The average molecular weight is 627 g/mol. The Morgan fingerprint density at radius 2 is 1.39 bits per heavy atom. The number of aliphatic hydroxyl groups is 6. The van der Waals surface area contributed by atoms with Crippen molar-refractivity contribution >= 4 is 11.0 Å². The van der Waals surface area contributed by atoms with E-state index in [9.17, 15) is 61.0 Å². The molecule has 17 heteroatoms. The molecule has 3 aromatic rings. The molecule has 2 saturated heterocycles. The third-order valence-electron chi connectivity index (χ3n) is 7.43. The van der Waals surface area contributed by atoms with Crippen LogP contribution in [0.1, 0.15) is 6.92 Å². The average Bonchev–Trinajstić information content (AvgIpc) is 2.98. The maximum absolute atomic E-state index is 13.6. The summed E-state index contributed by atoms with van der Waals surface area (Å²) in [5.41, 5.74) is -2.01. The minimum absolute atomic E-state index is 0.138. The number of rotatable bonds is 6. The van der Waals surface area contributed by atoms with E-state index in [1.807, 2.05) is 0 Å². The predicted octanol–water partition coefficient (Wildman–Crippen LogP) is -1.98. The molecule has 0 saturated carbocycles. The van der Waals surface area contributed by atoms with E-state index < -0.39 is 125 Å². The second-order valence-corrected chi connectivity index (χ2v) is 10.4. The molecule has 44 heavy (non-hydrogen) atoms. The van der Waals surface area contributed by atoms with Crippen LogP contribution in [-0.4, -0.2) is 124 Å². The molecule has 0 bridgehead atoms. The molecule has 10 atom stereocenters. The van der Waals surface area contributed by atoms with Crippen molar-refractivity contribution in [3.63, 3.8) is 0 Å². The van der Waals surface area contributed by atoms with E-state index in [2.05, 4.69) is 0 Å². The van der Waals surface area contributed by atoms with Gasteiger partial charge in [-0.05, 0) is 25.1 Å². The Hall–Kier alpha value is -3.91. The highest BCUT2D eigenvalue weighted by Crippen LogP contribution is 2.43. The smallest absolute Gasteiger partial charge is 0.239 e. The third kappa shape index (κ3) is 5.45. The van der Waals surface area contributed by atoms with E-state index in [-0.39, 0.29) is 5.56 Å². The molecule has 0 radical (unpaired) electrons. The summed E-state index contributed by atoms with van der Waals surface area (Å²) >= 11 is 0. The first-order valence-corrected chi connectivity index (χ1v) is 13.2. The Kier molecular flexibility index (Phi) is 8.51. The van der Waals surface area contributed by atoms with Gasteiger partial charge in [0.15, 0.2) is 34.9 Å². The number of fused-ring (bicyclic) bond motifs is 1. The van der Waals surface area contributed by atoms with Gasteiger partial charge in [0.1, 0.15) is 53.9 Å². The molecule has 0 aliphatic carbocycles.